The fraction of sp³-hybridized carbons (Fsp3) is 0.333. The molecule has 1 fully saturated rings. The number of piperazine rings is 1. The summed E-state index contributed by atoms with van der Waals surface area (Å²) in [7, 11) is 0. The van der Waals surface area contributed by atoms with Crippen LogP contribution in [0.15, 0.2) is 24.3 Å². The lowest BCUT2D eigenvalue weighted by Crippen LogP contribution is -2.52. The highest BCUT2D eigenvalue weighted by Crippen LogP contribution is 2.20. The van der Waals surface area contributed by atoms with E-state index in [4.69, 9.17) is 5.73 Å². The summed E-state index contributed by atoms with van der Waals surface area (Å²) >= 11 is 0. The zero-order chi connectivity index (χ0) is 15.0. The Kier molecular flexibility index (Phi) is 3.29. The molecule has 3 rings (SSSR count). The minimum absolute atomic E-state index is 0.0327. The van der Waals surface area contributed by atoms with E-state index in [1.165, 1.54) is 0 Å². The van der Waals surface area contributed by atoms with Crippen molar-refractivity contribution in [2.75, 3.05) is 26.2 Å². The SMILES string of the molecule is Cc1cccc2cc(C(=O)N3CCN(C(N)=O)CC3)[nH]c12. The molecule has 1 saturated heterocycles. The lowest BCUT2D eigenvalue weighted by molar-refractivity contribution is 0.0665. The van der Waals surface area contributed by atoms with Gasteiger partial charge in [-0.2, -0.15) is 0 Å². The third kappa shape index (κ3) is 2.44. The molecule has 0 aliphatic carbocycles. The molecule has 0 radical (unpaired) electrons. The molecule has 1 aliphatic rings. The number of nitrogens with one attached hydrogen (secondary N) is 1. The molecule has 6 nitrogen and oxygen atoms in total. The molecule has 0 saturated carbocycles. The molecular weight excluding hydrogens is 268 g/mol. The summed E-state index contributed by atoms with van der Waals surface area (Å²) in [5.74, 6) is -0.0327. The van der Waals surface area contributed by atoms with Gasteiger partial charge < -0.3 is 20.5 Å². The summed E-state index contributed by atoms with van der Waals surface area (Å²) in [5.41, 5.74) is 7.95. The van der Waals surface area contributed by atoms with Crippen LogP contribution in [0.3, 0.4) is 0 Å². The van der Waals surface area contributed by atoms with Gasteiger partial charge in [-0.3, -0.25) is 4.79 Å². The van der Waals surface area contributed by atoms with Crippen LogP contribution in [0.4, 0.5) is 4.79 Å². The van der Waals surface area contributed by atoms with Gasteiger partial charge >= 0.3 is 6.03 Å². The maximum Gasteiger partial charge on any atom is 0.314 e. The van der Waals surface area contributed by atoms with Gasteiger partial charge in [-0.25, -0.2) is 4.79 Å². The third-order valence-electron chi connectivity index (χ3n) is 3.97. The molecule has 2 aromatic rings. The fourth-order valence-corrected chi connectivity index (χ4v) is 2.72. The maximum absolute atomic E-state index is 12.5. The molecule has 1 aromatic carbocycles. The highest BCUT2D eigenvalue weighted by atomic mass is 16.2. The van der Waals surface area contributed by atoms with Gasteiger partial charge in [0, 0.05) is 37.1 Å². The Bertz CT molecular complexity index is 699. The Morgan fingerprint density at radius 3 is 2.43 bits per heavy atom. The van der Waals surface area contributed by atoms with Gasteiger partial charge in [-0.15, -0.1) is 0 Å². The number of para-hydroxylation sites is 1. The van der Waals surface area contributed by atoms with E-state index in [1.807, 2.05) is 31.2 Å². The average molecular weight is 286 g/mol. The van der Waals surface area contributed by atoms with Gasteiger partial charge in [-0.05, 0) is 18.6 Å². The second-order valence-electron chi connectivity index (χ2n) is 5.34. The van der Waals surface area contributed by atoms with Crippen molar-refractivity contribution in [3.05, 3.63) is 35.5 Å². The van der Waals surface area contributed by atoms with Gasteiger partial charge in [0.2, 0.25) is 0 Å². The van der Waals surface area contributed by atoms with E-state index < -0.39 is 6.03 Å². The molecule has 0 atom stereocenters. The van der Waals surface area contributed by atoms with Crippen molar-refractivity contribution in [2.45, 2.75) is 6.92 Å². The van der Waals surface area contributed by atoms with Crippen LogP contribution in [-0.2, 0) is 0 Å². The van der Waals surface area contributed by atoms with Crippen LogP contribution < -0.4 is 5.73 Å². The number of aromatic amines is 1. The Labute approximate surface area is 122 Å². The number of hydrogen-bond acceptors (Lipinski definition) is 2. The number of carbonyl (C=O) groups excluding carboxylic acids is 2. The smallest absolute Gasteiger partial charge is 0.314 e. The number of primary amides is 1. The number of rotatable bonds is 1. The minimum Gasteiger partial charge on any atom is -0.351 e. The second-order valence-corrected chi connectivity index (χ2v) is 5.34. The van der Waals surface area contributed by atoms with E-state index in [-0.39, 0.29) is 5.91 Å². The van der Waals surface area contributed by atoms with Crippen molar-refractivity contribution in [3.8, 4) is 0 Å². The second kappa shape index (κ2) is 5.12. The lowest BCUT2D eigenvalue weighted by Gasteiger charge is -2.33. The topological polar surface area (TPSA) is 82.4 Å². The summed E-state index contributed by atoms with van der Waals surface area (Å²) < 4.78 is 0. The number of amides is 3. The van der Waals surface area contributed by atoms with Crippen LogP contribution in [-0.4, -0.2) is 52.9 Å². The van der Waals surface area contributed by atoms with Gasteiger partial charge in [0.25, 0.3) is 5.91 Å². The van der Waals surface area contributed by atoms with Crippen molar-refractivity contribution in [1.29, 1.82) is 0 Å². The molecule has 3 N–H and O–H groups in total. The number of H-pyrrole nitrogens is 1. The number of nitrogens with zero attached hydrogens (tertiary/aromatic N) is 2. The van der Waals surface area contributed by atoms with Crippen LogP contribution in [0, 0.1) is 6.92 Å². The quantitative estimate of drug-likeness (QED) is 0.828. The Balaban J connectivity index is 1.78. The zero-order valence-corrected chi connectivity index (χ0v) is 11.9. The first-order chi connectivity index (χ1) is 10.1. The monoisotopic (exact) mass is 286 g/mol. The van der Waals surface area contributed by atoms with E-state index in [9.17, 15) is 9.59 Å². The van der Waals surface area contributed by atoms with E-state index in [0.29, 0.717) is 31.9 Å². The number of benzene rings is 1. The number of aromatic nitrogens is 1. The molecule has 6 heteroatoms. The zero-order valence-electron chi connectivity index (χ0n) is 11.9. The fourth-order valence-electron chi connectivity index (χ4n) is 2.72. The molecule has 0 unspecified atom stereocenters. The van der Waals surface area contributed by atoms with Crippen LogP contribution in [0.25, 0.3) is 10.9 Å². The molecule has 0 bridgehead atoms. The third-order valence-corrected chi connectivity index (χ3v) is 3.97. The molecule has 110 valence electrons. The molecule has 3 amide bonds. The van der Waals surface area contributed by atoms with Gasteiger partial charge in [0.1, 0.15) is 5.69 Å². The van der Waals surface area contributed by atoms with Gasteiger partial charge in [-0.1, -0.05) is 18.2 Å². The van der Waals surface area contributed by atoms with Crippen molar-refractivity contribution in [3.63, 3.8) is 0 Å². The first kappa shape index (κ1) is 13.5. The highest BCUT2D eigenvalue weighted by Gasteiger charge is 2.24. The predicted molar refractivity (Wildman–Crippen MR) is 80.1 cm³/mol. The van der Waals surface area contributed by atoms with Crippen LogP contribution in [0.1, 0.15) is 16.1 Å². The summed E-state index contributed by atoms with van der Waals surface area (Å²) in [4.78, 5) is 30.1. The van der Waals surface area contributed by atoms with Gasteiger partial charge in [0.05, 0.1) is 0 Å². The van der Waals surface area contributed by atoms with E-state index in [0.717, 1.165) is 16.5 Å². The van der Waals surface area contributed by atoms with Crippen LogP contribution >= 0.6 is 0 Å². The molecule has 2 heterocycles. The number of hydrogen-bond donors (Lipinski definition) is 2. The number of fused-ring (bicyclic) bond motifs is 1. The Morgan fingerprint density at radius 1 is 1.14 bits per heavy atom. The normalized spacial score (nSPS) is 15.5. The Morgan fingerprint density at radius 2 is 1.81 bits per heavy atom. The Hall–Kier alpha value is -2.50. The first-order valence-corrected chi connectivity index (χ1v) is 6.98. The molecule has 1 aromatic heterocycles. The first-order valence-electron chi connectivity index (χ1n) is 6.98. The van der Waals surface area contributed by atoms with E-state index in [2.05, 4.69) is 4.98 Å². The molecule has 21 heavy (non-hydrogen) atoms. The predicted octanol–water partition coefficient (Wildman–Crippen LogP) is 1.31. The maximum atomic E-state index is 12.5. The van der Waals surface area contributed by atoms with Crippen LogP contribution in [0.5, 0.6) is 0 Å². The molecule has 0 spiro atoms. The highest BCUT2D eigenvalue weighted by molar-refractivity contribution is 5.98. The summed E-state index contributed by atoms with van der Waals surface area (Å²) in [5, 5.41) is 1.04. The van der Waals surface area contributed by atoms with Crippen LogP contribution in [0.2, 0.25) is 0 Å². The van der Waals surface area contributed by atoms with Crippen molar-refractivity contribution in [2.24, 2.45) is 5.73 Å². The summed E-state index contributed by atoms with van der Waals surface area (Å²) in [6, 6.07) is 7.43. The number of urea groups is 1. The van der Waals surface area contributed by atoms with Gasteiger partial charge in [0.15, 0.2) is 0 Å². The van der Waals surface area contributed by atoms with Crippen molar-refractivity contribution in [1.82, 2.24) is 14.8 Å². The molecule has 1 aliphatic heterocycles. The van der Waals surface area contributed by atoms with E-state index in [1.54, 1.807) is 9.80 Å². The average Bonchev–Trinajstić information content (AvgIpc) is 2.92. The lowest BCUT2D eigenvalue weighted by atomic mass is 10.2. The number of nitrogens with two attached hydrogens (primary N) is 1. The standard InChI is InChI=1S/C15H18N4O2/c1-10-3-2-4-11-9-12(17-13(10)11)14(20)18-5-7-19(8-6-18)15(16)21/h2-4,9,17H,5-8H2,1H3,(H2,16,21). The van der Waals surface area contributed by atoms with E-state index >= 15 is 0 Å². The van der Waals surface area contributed by atoms with Crippen molar-refractivity contribution < 1.29 is 9.59 Å². The summed E-state index contributed by atoms with van der Waals surface area (Å²) in [6.45, 7) is 4.01. The number of aryl methyl sites for hydroxylation is 1. The molecular formula is C15H18N4O2. The van der Waals surface area contributed by atoms with Crippen molar-refractivity contribution >= 4 is 22.8 Å². The largest absolute Gasteiger partial charge is 0.351 e. The summed E-state index contributed by atoms with van der Waals surface area (Å²) in [6.07, 6.45) is 0. The minimum atomic E-state index is -0.427. The number of carbonyl (C=O) groups is 2.